The molecule has 13 heavy (non-hydrogen) atoms. The van der Waals surface area contributed by atoms with E-state index in [4.69, 9.17) is 16.1 Å². The lowest BCUT2D eigenvalue weighted by Gasteiger charge is -2.28. The maximum absolute atomic E-state index is 10.4. The van der Waals surface area contributed by atoms with Crippen molar-refractivity contribution in [3.8, 4) is 6.07 Å². The van der Waals surface area contributed by atoms with E-state index in [1.54, 1.807) is 0 Å². The summed E-state index contributed by atoms with van der Waals surface area (Å²) in [7, 11) is 0. The Hall–Kier alpha value is -1.08. The van der Waals surface area contributed by atoms with Gasteiger partial charge in [0.2, 0.25) is 0 Å². The van der Waals surface area contributed by atoms with Gasteiger partial charge in [0.25, 0.3) is 0 Å². The highest BCUT2D eigenvalue weighted by atomic mass is 16.4. The summed E-state index contributed by atoms with van der Waals surface area (Å²) in [6.07, 6.45) is 2.29. The van der Waals surface area contributed by atoms with Crippen LogP contribution in [0.15, 0.2) is 0 Å². The average Bonchev–Trinajstić information content (AvgIpc) is 2.01. The summed E-state index contributed by atoms with van der Waals surface area (Å²) < 4.78 is 0. The third-order valence-electron chi connectivity index (χ3n) is 2.49. The van der Waals surface area contributed by atoms with Crippen LogP contribution in [0, 0.1) is 23.2 Å². The number of hydrogen-bond donors (Lipinski definition) is 2. The van der Waals surface area contributed by atoms with Crippen LogP contribution in [0.2, 0.25) is 0 Å². The minimum Gasteiger partial charge on any atom is -0.481 e. The summed E-state index contributed by atoms with van der Waals surface area (Å²) >= 11 is 0. The van der Waals surface area contributed by atoms with Crippen LogP contribution in [0.4, 0.5) is 0 Å². The van der Waals surface area contributed by atoms with Gasteiger partial charge in [0, 0.05) is 18.4 Å². The summed E-state index contributed by atoms with van der Waals surface area (Å²) in [6, 6.07) is 2.17. The number of aliphatic carboxylic acids is 1. The minimum atomic E-state index is -0.796. The molecule has 4 heteroatoms. The van der Waals surface area contributed by atoms with Crippen LogP contribution in [0.3, 0.4) is 0 Å². The smallest absolute Gasteiger partial charge is 0.303 e. The Labute approximate surface area is 77.3 Å². The third-order valence-corrected chi connectivity index (χ3v) is 2.49. The van der Waals surface area contributed by atoms with E-state index >= 15 is 0 Å². The third kappa shape index (κ3) is 3.03. The van der Waals surface area contributed by atoms with Crippen molar-refractivity contribution >= 4 is 5.97 Å². The van der Waals surface area contributed by atoms with Crippen LogP contribution in [-0.4, -0.2) is 17.1 Å². The number of hydrogen-bond acceptors (Lipinski definition) is 3. The molecule has 0 saturated heterocycles. The van der Waals surface area contributed by atoms with E-state index in [1.807, 2.05) is 0 Å². The van der Waals surface area contributed by atoms with E-state index in [-0.39, 0.29) is 24.3 Å². The van der Waals surface area contributed by atoms with E-state index < -0.39 is 5.97 Å². The SMILES string of the molecule is N#CC1CC(N)CC(CC(=O)O)C1. The summed E-state index contributed by atoms with van der Waals surface area (Å²) in [4.78, 5) is 10.4. The van der Waals surface area contributed by atoms with Gasteiger partial charge in [0.05, 0.1) is 6.07 Å². The van der Waals surface area contributed by atoms with Gasteiger partial charge in [-0.1, -0.05) is 0 Å². The number of carbonyl (C=O) groups is 1. The van der Waals surface area contributed by atoms with Gasteiger partial charge in [-0.3, -0.25) is 4.79 Å². The van der Waals surface area contributed by atoms with Crippen LogP contribution in [0.5, 0.6) is 0 Å². The Kier molecular flexibility index (Phi) is 3.26. The Bertz CT molecular complexity index is 234. The Balaban J connectivity index is 2.48. The molecule has 1 fully saturated rings. The average molecular weight is 182 g/mol. The van der Waals surface area contributed by atoms with E-state index in [0.717, 1.165) is 6.42 Å². The van der Waals surface area contributed by atoms with E-state index in [2.05, 4.69) is 6.07 Å². The minimum absolute atomic E-state index is 0.00255. The molecule has 3 unspecified atom stereocenters. The quantitative estimate of drug-likeness (QED) is 0.659. The monoisotopic (exact) mass is 182 g/mol. The zero-order valence-corrected chi connectivity index (χ0v) is 7.44. The molecule has 0 aromatic rings. The van der Waals surface area contributed by atoms with E-state index in [9.17, 15) is 4.79 Å². The van der Waals surface area contributed by atoms with Crippen molar-refractivity contribution in [3.05, 3.63) is 0 Å². The molecule has 3 N–H and O–H groups in total. The van der Waals surface area contributed by atoms with Crippen LogP contribution >= 0.6 is 0 Å². The van der Waals surface area contributed by atoms with Crippen LogP contribution < -0.4 is 5.73 Å². The molecule has 72 valence electrons. The molecular formula is C9H14N2O2. The first-order valence-electron chi connectivity index (χ1n) is 4.48. The van der Waals surface area contributed by atoms with Crippen molar-refractivity contribution < 1.29 is 9.90 Å². The first-order valence-corrected chi connectivity index (χ1v) is 4.48. The molecule has 0 aromatic carbocycles. The Morgan fingerprint density at radius 1 is 1.54 bits per heavy atom. The van der Waals surface area contributed by atoms with Crippen molar-refractivity contribution in [2.24, 2.45) is 17.6 Å². The zero-order valence-electron chi connectivity index (χ0n) is 7.44. The van der Waals surface area contributed by atoms with Gasteiger partial charge in [-0.2, -0.15) is 5.26 Å². The number of nitrogens with zero attached hydrogens (tertiary/aromatic N) is 1. The molecule has 1 saturated carbocycles. The van der Waals surface area contributed by atoms with E-state index in [0.29, 0.717) is 12.8 Å². The lowest BCUT2D eigenvalue weighted by atomic mass is 9.78. The molecule has 0 aliphatic heterocycles. The Morgan fingerprint density at radius 2 is 2.23 bits per heavy atom. The highest BCUT2D eigenvalue weighted by Gasteiger charge is 2.27. The number of carboxylic acids is 1. The van der Waals surface area contributed by atoms with Crippen molar-refractivity contribution in [2.75, 3.05) is 0 Å². The van der Waals surface area contributed by atoms with Crippen LogP contribution in [0.1, 0.15) is 25.7 Å². The highest BCUT2D eigenvalue weighted by molar-refractivity contribution is 5.67. The second-order valence-electron chi connectivity index (χ2n) is 3.76. The van der Waals surface area contributed by atoms with Gasteiger partial charge >= 0.3 is 5.97 Å². The van der Waals surface area contributed by atoms with Gasteiger partial charge in [-0.15, -0.1) is 0 Å². The lowest BCUT2D eigenvalue weighted by Crippen LogP contribution is -2.33. The van der Waals surface area contributed by atoms with Crippen molar-refractivity contribution in [1.82, 2.24) is 0 Å². The van der Waals surface area contributed by atoms with Gasteiger partial charge in [0.1, 0.15) is 0 Å². The standard InChI is InChI=1S/C9H14N2O2/c10-5-7-1-6(4-9(12)13)2-8(11)3-7/h6-8H,1-4,11H2,(H,12,13). The molecule has 0 heterocycles. The van der Waals surface area contributed by atoms with Crippen molar-refractivity contribution in [1.29, 1.82) is 5.26 Å². The number of nitriles is 1. The molecule has 0 radical (unpaired) electrons. The molecule has 1 aliphatic rings. The van der Waals surface area contributed by atoms with Gasteiger partial charge in [-0.25, -0.2) is 0 Å². The molecule has 0 aromatic heterocycles. The highest BCUT2D eigenvalue weighted by Crippen LogP contribution is 2.29. The van der Waals surface area contributed by atoms with Gasteiger partial charge < -0.3 is 10.8 Å². The van der Waals surface area contributed by atoms with Crippen molar-refractivity contribution in [3.63, 3.8) is 0 Å². The number of rotatable bonds is 2. The van der Waals surface area contributed by atoms with Gasteiger partial charge in [-0.05, 0) is 25.2 Å². The summed E-state index contributed by atoms with van der Waals surface area (Å²) in [6.45, 7) is 0. The summed E-state index contributed by atoms with van der Waals surface area (Å²) in [5.74, 6) is -0.755. The van der Waals surface area contributed by atoms with Gasteiger partial charge in [0.15, 0.2) is 0 Å². The predicted octanol–water partition coefficient (Wildman–Crippen LogP) is 0.728. The zero-order chi connectivity index (χ0) is 9.84. The molecule has 1 rings (SSSR count). The van der Waals surface area contributed by atoms with E-state index in [1.165, 1.54) is 0 Å². The maximum Gasteiger partial charge on any atom is 0.303 e. The lowest BCUT2D eigenvalue weighted by molar-refractivity contribution is -0.138. The summed E-state index contributed by atoms with van der Waals surface area (Å²) in [5, 5.41) is 17.3. The first kappa shape index (κ1) is 10.0. The Morgan fingerprint density at radius 3 is 2.77 bits per heavy atom. The number of carboxylic acid groups (broad SMARTS) is 1. The maximum atomic E-state index is 10.4. The molecular weight excluding hydrogens is 168 g/mol. The second kappa shape index (κ2) is 4.24. The fourth-order valence-electron chi connectivity index (χ4n) is 2.00. The summed E-state index contributed by atoms with van der Waals surface area (Å²) in [5.41, 5.74) is 5.72. The number of nitrogens with two attached hydrogens (primary N) is 1. The fourth-order valence-corrected chi connectivity index (χ4v) is 2.00. The van der Waals surface area contributed by atoms with Crippen LogP contribution in [-0.2, 0) is 4.79 Å². The predicted molar refractivity (Wildman–Crippen MR) is 46.7 cm³/mol. The molecule has 4 nitrogen and oxygen atoms in total. The van der Waals surface area contributed by atoms with Crippen molar-refractivity contribution in [2.45, 2.75) is 31.7 Å². The molecule has 3 atom stereocenters. The molecule has 0 amide bonds. The first-order chi connectivity index (χ1) is 6.11. The molecule has 0 bridgehead atoms. The largest absolute Gasteiger partial charge is 0.481 e. The molecule has 1 aliphatic carbocycles. The second-order valence-corrected chi connectivity index (χ2v) is 3.76. The fraction of sp³-hybridized carbons (Fsp3) is 0.778. The normalized spacial score (nSPS) is 33.7. The molecule has 0 spiro atoms. The topological polar surface area (TPSA) is 87.1 Å². The van der Waals surface area contributed by atoms with Crippen LogP contribution in [0.25, 0.3) is 0 Å².